The summed E-state index contributed by atoms with van der Waals surface area (Å²) in [6, 6.07) is 4.41. The smallest absolute Gasteiger partial charge is 0.0755 e. The summed E-state index contributed by atoms with van der Waals surface area (Å²) in [6.45, 7) is 8.57. The third-order valence-electron chi connectivity index (χ3n) is 3.35. The van der Waals surface area contributed by atoms with Crippen LogP contribution in [0.25, 0.3) is 10.9 Å². The van der Waals surface area contributed by atoms with Crippen LogP contribution >= 0.6 is 0 Å². The van der Waals surface area contributed by atoms with Crippen molar-refractivity contribution in [3.8, 4) is 0 Å². The van der Waals surface area contributed by atoms with Gasteiger partial charge in [0.15, 0.2) is 0 Å². The Morgan fingerprint density at radius 1 is 1.18 bits per heavy atom. The Bertz CT molecular complexity index is 571. The molecular weight excluding hydrogens is 208 g/mol. The normalized spacial score (nSPS) is 10.9. The Balaban J connectivity index is 2.92. The second kappa shape index (κ2) is 4.36. The van der Waals surface area contributed by atoms with Crippen molar-refractivity contribution in [3.63, 3.8) is 0 Å². The fraction of sp³-hybridized carbons (Fsp3) is 0.400. The first-order valence-corrected chi connectivity index (χ1v) is 6.16. The molecule has 0 saturated heterocycles. The van der Waals surface area contributed by atoms with Crippen molar-refractivity contribution in [1.29, 1.82) is 0 Å². The standard InChI is InChI=1S/C15H20N2/c1-6-13-11(4)15(16-5)12-8-9(2)7-10(3)14(12)17-13/h7-8H,6H2,1-5H3,(H,16,17). The first kappa shape index (κ1) is 11.9. The number of aryl methyl sites for hydroxylation is 3. The zero-order valence-corrected chi connectivity index (χ0v) is 11.3. The average Bonchev–Trinajstić information content (AvgIpc) is 2.28. The van der Waals surface area contributed by atoms with E-state index in [2.05, 4.69) is 45.1 Å². The third kappa shape index (κ3) is 1.88. The summed E-state index contributed by atoms with van der Waals surface area (Å²) in [5.74, 6) is 0. The van der Waals surface area contributed by atoms with E-state index in [0.717, 1.165) is 11.9 Å². The molecule has 2 aromatic rings. The molecule has 2 heteroatoms. The van der Waals surface area contributed by atoms with Gasteiger partial charge in [0.2, 0.25) is 0 Å². The summed E-state index contributed by atoms with van der Waals surface area (Å²) in [6.07, 6.45) is 0.976. The first-order valence-electron chi connectivity index (χ1n) is 6.16. The zero-order valence-electron chi connectivity index (χ0n) is 11.3. The number of aromatic nitrogens is 1. The van der Waals surface area contributed by atoms with Crippen LogP contribution in [0.3, 0.4) is 0 Å². The van der Waals surface area contributed by atoms with E-state index in [0.29, 0.717) is 0 Å². The predicted octanol–water partition coefficient (Wildman–Crippen LogP) is 3.76. The van der Waals surface area contributed by atoms with Gasteiger partial charge in [-0.25, -0.2) is 0 Å². The monoisotopic (exact) mass is 228 g/mol. The molecule has 90 valence electrons. The predicted molar refractivity (Wildman–Crippen MR) is 74.9 cm³/mol. The van der Waals surface area contributed by atoms with Gasteiger partial charge in [-0.15, -0.1) is 0 Å². The minimum atomic E-state index is 0.976. The summed E-state index contributed by atoms with van der Waals surface area (Å²) in [4.78, 5) is 4.80. The maximum atomic E-state index is 4.80. The van der Waals surface area contributed by atoms with Crippen LogP contribution in [0.1, 0.15) is 29.3 Å². The maximum Gasteiger partial charge on any atom is 0.0755 e. The van der Waals surface area contributed by atoms with Crippen molar-refractivity contribution in [2.75, 3.05) is 12.4 Å². The van der Waals surface area contributed by atoms with Crippen LogP contribution in [0.15, 0.2) is 12.1 Å². The molecule has 1 aromatic heterocycles. The van der Waals surface area contributed by atoms with Crippen LogP contribution in [-0.4, -0.2) is 12.0 Å². The lowest BCUT2D eigenvalue weighted by atomic mass is 10.0. The van der Waals surface area contributed by atoms with Gasteiger partial charge in [-0.05, 0) is 44.4 Å². The van der Waals surface area contributed by atoms with E-state index in [1.807, 2.05) is 7.05 Å². The molecule has 0 bridgehead atoms. The minimum Gasteiger partial charge on any atom is -0.387 e. The number of hydrogen-bond acceptors (Lipinski definition) is 2. The third-order valence-corrected chi connectivity index (χ3v) is 3.35. The molecule has 2 rings (SSSR count). The van der Waals surface area contributed by atoms with Gasteiger partial charge in [0.1, 0.15) is 0 Å². The first-order chi connectivity index (χ1) is 8.08. The van der Waals surface area contributed by atoms with E-state index in [-0.39, 0.29) is 0 Å². The van der Waals surface area contributed by atoms with Crippen molar-refractivity contribution < 1.29 is 0 Å². The Morgan fingerprint density at radius 3 is 2.47 bits per heavy atom. The van der Waals surface area contributed by atoms with E-state index in [9.17, 15) is 0 Å². The van der Waals surface area contributed by atoms with Crippen molar-refractivity contribution in [2.45, 2.75) is 34.1 Å². The van der Waals surface area contributed by atoms with Gasteiger partial charge in [0, 0.05) is 23.8 Å². The highest BCUT2D eigenvalue weighted by Gasteiger charge is 2.11. The van der Waals surface area contributed by atoms with Crippen LogP contribution in [0.5, 0.6) is 0 Å². The van der Waals surface area contributed by atoms with E-state index < -0.39 is 0 Å². The lowest BCUT2D eigenvalue weighted by molar-refractivity contribution is 1.03. The summed E-state index contributed by atoms with van der Waals surface area (Å²) < 4.78 is 0. The summed E-state index contributed by atoms with van der Waals surface area (Å²) in [5.41, 5.74) is 7.35. The molecule has 0 unspecified atom stereocenters. The molecule has 1 heterocycles. The van der Waals surface area contributed by atoms with Crippen molar-refractivity contribution in [1.82, 2.24) is 4.98 Å². The van der Waals surface area contributed by atoms with Crippen LogP contribution in [0, 0.1) is 20.8 Å². The number of benzene rings is 1. The summed E-state index contributed by atoms with van der Waals surface area (Å²) in [5, 5.41) is 4.56. The van der Waals surface area contributed by atoms with E-state index >= 15 is 0 Å². The average molecular weight is 228 g/mol. The molecule has 0 aliphatic heterocycles. The molecule has 1 aromatic carbocycles. The maximum absolute atomic E-state index is 4.80. The molecule has 0 fully saturated rings. The number of anilines is 1. The van der Waals surface area contributed by atoms with E-state index in [4.69, 9.17) is 4.98 Å². The molecule has 0 amide bonds. The number of hydrogen-bond donors (Lipinski definition) is 1. The molecular formula is C15H20N2. The highest BCUT2D eigenvalue weighted by atomic mass is 14.8. The molecule has 0 aliphatic carbocycles. The number of nitrogens with zero attached hydrogens (tertiary/aromatic N) is 1. The van der Waals surface area contributed by atoms with Crippen LogP contribution < -0.4 is 5.32 Å². The van der Waals surface area contributed by atoms with Gasteiger partial charge in [-0.1, -0.05) is 18.6 Å². The second-order valence-electron chi connectivity index (χ2n) is 4.64. The summed E-state index contributed by atoms with van der Waals surface area (Å²) >= 11 is 0. The Morgan fingerprint density at radius 2 is 1.88 bits per heavy atom. The van der Waals surface area contributed by atoms with Gasteiger partial charge >= 0.3 is 0 Å². The quantitative estimate of drug-likeness (QED) is 0.846. The molecule has 0 aliphatic rings. The van der Waals surface area contributed by atoms with Gasteiger partial charge < -0.3 is 5.32 Å². The number of fused-ring (bicyclic) bond motifs is 1. The van der Waals surface area contributed by atoms with E-state index in [1.165, 1.54) is 33.5 Å². The summed E-state index contributed by atoms with van der Waals surface area (Å²) in [7, 11) is 1.98. The SMILES string of the molecule is CCc1nc2c(C)cc(C)cc2c(NC)c1C. The van der Waals surface area contributed by atoms with Gasteiger partial charge in [-0.3, -0.25) is 4.98 Å². The van der Waals surface area contributed by atoms with Crippen LogP contribution in [0.4, 0.5) is 5.69 Å². The Hall–Kier alpha value is -1.57. The molecule has 1 N–H and O–H groups in total. The lowest BCUT2D eigenvalue weighted by Crippen LogP contribution is -2.02. The van der Waals surface area contributed by atoms with Gasteiger partial charge in [0.25, 0.3) is 0 Å². The Kier molecular flexibility index (Phi) is 3.05. The topological polar surface area (TPSA) is 24.9 Å². The molecule has 0 radical (unpaired) electrons. The highest BCUT2D eigenvalue weighted by Crippen LogP contribution is 2.30. The van der Waals surface area contributed by atoms with Crippen LogP contribution in [0.2, 0.25) is 0 Å². The lowest BCUT2D eigenvalue weighted by Gasteiger charge is -2.15. The van der Waals surface area contributed by atoms with Crippen LogP contribution in [-0.2, 0) is 6.42 Å². The fourth-order valence-corrected chi connectivity index (χ4v) is 2.53. The fourth-order valence-electron chi connectivity index (χ4n) is 2.53. The van der Waals surface area contributed by atoms with Crippen molar-refractivity contribution in [3.05, 3.63) is 34.5 Å². The minimum absolute atomic E-state index is 0.976. The molecule has 0 atom stereocenters. The number of pyridine rings is 1. The molecule has 0 saturated carbocycles. The number of rotatable bonds is 2. The largest absolute Gasteiger partial charge is 0.387 e. The highest BCUT2D eigenvalue weighted by molar-refractivity contribution is 5.95. The molecule has 2 nitrogen and oxygen atoms in total. The second-order valence-corrected chi connectivity index (χ2v) is 4.64. The Labute approximate surface area is 103 Å². The molecule has 0 spiro atoms. The van der Waals surface area contributed by atoms with Gasteiger partial charge in [-0.2, -0.15) is 0 Å². The molecule has 17 heavy (non-hydrogen) atoms. The van der Waals surface area contributed by atoms with Crippen molar-refractivity contribution in [2.24, 2.45) is 0 Å². The number of nitrogens with one attached hydrogen (secondary N) is 1. The zero-order chi connectivity index (χ0) is 12.6. The van der Waals surface area contributed by atoms with Gasteiger partial charge in [0.05, 0.1) is 5.52 Å². The van der Waals surface area contributed by atoms with E-state index in [1.54, 1.807) is 0 Å². The van der Waals surface area contributed by atoms with Crippen molar-refractivity contribution >= 4 is 16.6 Å².